The molecular weight excluding hydrogens is 328 g/mol. The van der Waals surface area contributed by atoms with Gasteiger partial charge in [-0.3, -0.25) is 14.5 Å². The van der Waals surface area contributed by atoms with E-state index in [4.69, 9.17) is 0 Å². The second-order valence-electron chi connectivity index (χ2n) is 6.62. The zero-order valence-electron chi connectivity index (χ0n) is 14.1. The van der Waals surface area contributed by atoms with E-state index in [0.29, 0.717) is 19.1 Å². The molecule has 1 amide bonds. The Balaban J connectivity index is 1.47. The molecule has 1 N–H and O–H groups in total. The summed E-state index contributed by atoms with van der Waals surface area (Å²) >= 11 is 0. The van der Waals surface area contributed by atoms with Gasteiger partial charge in [-0.25, -0.2) is 8.78 Å². The fourth-order valence-electron chi connectivity index (χ4n) is 3.51. The molecule has 0 aliphatic carbocycles. The zero-order valence-corrected chi connectivity index (χ0v) is 14.1. The number of amides is 1. The zero-order chi connectivity index (χ0) is 17.8. The van der Waals surface area contributed by atoms with Gasteiger partial charge in [0.15, 0.2) is 17.4 Å². The van der Waals surface area contributed by atoms with Gasteiger partial charge in [-0.2, -0.15) is 0 Å². The number of rotatable bonds is 5. The van der Waals surface area contributed by atoms with E-state index in [-0.39, 0.29) is 30.1 Å². The largest absolute Gasteiger partial charge is 0.341 e. The van der Waals surface area contributed by atoms with Crippen molar-refractivity contribution in [3.05, 3.63) is 35.4 Å². The van der Waals surface area contributed by atoms with Crippen molar-refractivity contribution in [1.82, 2.24) is 15.1 Å². The topological polar surface area (TPSA) is 52.7 Å². The maximum atomic E-state index is 13.2. The highest BCUT2D eigenvalue weighted by Gasteiger charge is 2.30. The van der Waals surface area contributed by atoms with Gasteiger partial charge in [0.05, 0.1) is 0 Å². The lowest BCUT2D eigenvalue weighted by molar-refractivity contribution is -0.130. The number of carbonyl (C=O) groups excluding carboxylic acids is 2. The van der Waals surface area contributed by atoms with Crippen molar-refractivity contribution >= 4 is 11.7 Å². The van der Waals surface area contributed by atoms with Gasteiger partial charge < -0.3 is 10.2 Å². The van der Waals surface area contributed by atoms with Crippen LogP contribution in [0.2, 0.25) is 0 Å². The molecule has 5 nitrogen and oxygen atoms in total. The summed E-state index contributed by atoms with van der Waals surface area (Å²) in [6.45, 7) is 5.38. The monoisotopic (exact) mass is 351 g/mol. The molecule has 25 heavy (non-hydrogen) atoms. The molecule has 7 heteroatoms. The standard InChI is InChI=1S/C18H23F2N3O2/c19-15-2-1-13(11-16(15)20)17(24)3-4-18(25)23-8-5-14(12-23)22-9-6-21-7-10-22/h1-2,11,14,21H,3-10,12H2. The van der Waals surface area contributed by atoms with Crippen molar-refractivity contribution in [3.63, 3.8) is 0 Å². The summed E-state index contributed by atoms with van der Waals surface area (Å²) in [7, 11) is 0. The molecule has 2 aliphatic heterocycles. The maximum Gasteiger partial charge on any atom is 0.223 e. The van der Waals surface area contributed by atoms with Gasteiger partial charge in [-0.15, -0.1) is 0 Å². The molecule has 2 heterocycles. The summed E-state index contributed by atoms with van der Waals surface area (Å²) in [5.74, 6) is -2.42. The molecule has 2 saturated heterocycles. The molecule has 0 radical (unpaired) electrons. The van der Waals surface area contributed by atoms with Crippen molar-refractivity contribution in [3.8, 4) is 0 Å². The fourth-order valence-corrected chi connectivity index (χ4v) is 3.51. The average Bonchev–Trinajstić information content (AvgIpc) is 3.12. The predicted octanol–water partition coefficient (Wildman–Crippen LogP) is 1.43. The van der Waals surface area contributed by atoms with Gasteiger partial charge >= 0.3 is 0 Å². The van der Waals surface area contributed by atoms with Gasteiger partial charge in [0.25, 0.3) is 0 Å². The number of ketones is 1. The maximum absolute atomic E-state index is 13.2. The molecule has 1 aromatic rings. The highest BCUT2D eigenvalue weighted by Crippen LogP contribution is 2.18. The minimum atomic E-state index is -1.05. The number of hydrogen-bond donors (Lipinski definition) is 1. The first-order chi connectivity index (χ1) is 12.0. The van der Waals surface area contributed by atoms with Gasteiger partial charge in [0.2, 0.25) is 5.91 Å². The van der Waals surface area contributed by atoms with Crippen LogP contribution >= 0.6 is 0 Å². The lowest BCUT2D eigenvalue weighted by Crippen LogP contribution is -2.49. The van der Waals surface area contributed by atoms with Crippen molar-refractivity contribution in [1.29, 1.82) is 0 Å². The number of benzene rings is 1. The first kappa shape index (κ1) is 17.9. The molecule has 3 rings (SSSR count). The van der Waals surface area contributed by atoms with Gasteiger partial charge in [-0.1, -0.05) is 0 Å². The van der Waals surface area contributed by atoms with Crippen LogP contribution in [-0.4, -0.2) is 66.8 Å². The van der Waals surface area contributed by atoms with Gasteiger partial charge in [0, 0.05) is 63.7 Å². The van der Waals surface area contributed by atoms with Crippen LogP contribution in [0.4, 0.5) is 8.78 Å². The fraction of sp³-hybridized carbons (Fsp3) is 0.556. The number of nitrogens with zero attached hydrogens (tertiary/aromatic N) is 2. The average molecular weight is 351 g/mol. The Kier molecular flexibility index (Phi) is 5.75. The first-order valence-corrected chi connectivity index (χ1v) is 8.75. The van der Waals surface area contributed by atoms with Crippen LogP contribution in [-0.2, 0) is 4.79 Å². The Morgan fingerprint density at radius 2 is 1.84 bits per heavy atom. The van der Waals surface area contributed by atoms with Crippen LogP contribution in [0.15, 0.2) is 18.2 Å². The summed E-state index contributed by atoms with van der Waals surface area (Å²) in [5, 5.41) is 3.32. The third kappa shape index (κ3) is 4.41. The van der Waals surface area contributed by atoms with E-state index >= 15 is 0 Å². The predicted molar refractivity (Wildman–Crippen MR) is 89.4 cm³/mol. The smallest absolute Gasteiger partial charge is 0.223 e. The second-order valence-corrected chi connectivity index (χ2v) is 6.62. The van der Waals surface area contributed by atoms with Crippen molar-refractivity contribution in [2.45, 2.75) is 25.3 Å². The minimum Gasteiger partial charge on any atom is -0.341 e. The Morgan fingerprint density at radius 1 is 1.08 bits per heavy atom. The molecule has 1 atom stereocenters. The normalized spacial score (nSPS) is 21.5. The lowest BCUT2D eigenvalue weighted by Gasteiger charge is -2.32. The number of carbonyl (C=O) groups is 2. The van der Waals surface area contributed by atoms with Crippen molar-refractivity contribution in [2.75, 3.05) is 39.3 Å². The Hall–Kier alpha value is -1.86. The molecule has 2 fully saturated rings. The third-order valence-electron chi connectivity index (χ3n) is 4.99. The number of nitrogens with one attached hydrogen (secondary N) is 1. The van der Waals surface area contributed by atoms with E-state index in [9.17, 15) is 18.4 Å². The van der Waals surface area contributed by atoms with Crippen LogP contribution < -0.4 is 5.32 Å². The second kappa shape index (κ2) is 8.01. The van der Waals surface area contributed by atoms with Crippen LogP contribution in [0.5, 0.6) is 0 Å². The number of piperazine rings is 1. The molecule has 0 saturated carbocycles. The Morgan fingerprint density at radius 3 is 2.56 bits per heavy atom. The molecule has 2 aliphatic rings. The van der Waals surface area contributed by atoms with Crippen molar-refractivity contribution in [2.24, 2.45) is 0 Å². The molecule has 0 spiro atoms. The Bertz CT molecular complexity index is 647. The number of Topliss-reactive ketones (excluding diaryl/α,β-unsaturated/α-hetero) is 1. The molecule has 1 aromatic carbocycles. The van der Waals surface area contributed by atoms with Gasteiger partial charge in [-0.05, 0) is 24.6 Å². The number of halogens is 2. The van der Waals surface area contributed by atoms with E-state index < -0.39 is 11.6 Å². The lowest BCUT2D eigenvalue weighted by atomic mass is 10.1. The van der Waals surface area contributed by atoms with E-state index in [2.05, 4.69) is 10.2 Å². The van der Waals surface area contributed by atoms with E-state index in [0.717, 1.165) is 44.7 Å². The molecule has 136 valence electrons. The van der Waals surface area contributed by atoms with E-state index in [1.54, 1.807) is 0 Å². The first-order valence-electron chi connectivity index (χ1n) is 8.75. The molecular formula is C18H23F2N3O2. The highest BCUT2D eigenvalue weighted by molar-refractivity contribution is 5.97. The van der Waals surface area contributed by atoms with Crippen LogP contribution in [0.1, 0.15) is 29.6 Å². The number of hydrogen-bond acceptors (Lipinski definition) is 4. The quantitative estimate of drug-likeness (QED) is 0.816. The molecule has 0 bridgehead atoms. The van der Waals surface area contributed by atoms with Crippen LogP contribution in [0.25, 0.3) is 0 Å². The summed E-state index contributed by atoms with van der Waals surface area (Å²) in [6, 6.07) is 3.47. The third-order valence-corrected chi connectivity index (χ3v) is 4.99. The summed E-state index contributed by atoms with van der Waals surface area (Å²) in [5.41, 5.74) is 0.104. The van der Waals surface area contributed by atoms with E-state index in [1.807, 2.05) is 4.90 Å². The summed E-state index contributed by atoms with van der Waals surface area (Å²) in [4.78, 5) is 28.6. The highest BCUT2D eigenvalue weighted by atomic mass is 19.2. The van der Waals surface area contributed by atoms with Crippen LogP contribution in [0.3, 0.4) is 0 Å². The summed E-state index contributed by atoms with van der Waals surface area (Å²) < 4.78 is 26.1. The Labute approximate surface area is 146 Å². The SMILES string of the molecule is O=C(CCC(=O)N1CCC(N2CCNCC2)C1)c1ccc(F)c(F)c1. The van der Waals surface area contributed by atoms with Crippen LogP contribution in [0, 0.1) is 11.6 Å². The number of likely N-dealkylation sites (tertiary alicyclic amines) is 1. The van der Waals surface area contributed by atoms with Gasteiger partial charge in [0.1, 0.15) is 0 Å². The van der Waals surface area contributed by atoms with E-state index in [1.165, 1.54) is 6.07 Å². The minimum absolute atomic E-state index is 0.0126. The van der Waals surface area contributed by atoms with Crippen molar-refractivity contribution < 1.29 is 18.4 Å². The molecule has 0 aromatic heterocycles. The summed E-state index contributed by atoms with van der Waals surface area (Å²) in [6.07, 6.45) is 1.08. The molecule has 1 unspecified atom stereocenters.